The van der Waals surface area contributed by atoms with Crippen molar-refractivity contribution in [1.29, 1.82) is 0 Å². The van der Waals surface area contributed by atoms with Gasteiger partial charge in [0.05, 0.1) is 0 Å². The van der Waals surface area contributed by atoms with Gasteiger partial charge in [0.2, 0.25) is 0 Å². The van der Waals surface area contributed by atoms with Gasteiger partial charge in [-0.3, -0.25) is 14.4 Å². The van der Waals surface area contributed by atoms with E-state index in [2.05, 4.69) is 69.4 Å². The Morgan fingerprint density at radius 3 is 0.683 bits per heavy atom. The topological polar surface area (TPSA) is 78.9 Å². The second-order valence-corrected chi connectivity index (χ2v) is 24.9. The van der Waals surface area contributed by atoms with Crippen molar-refractivity contribution < 1.29 is 28.6 Å². The van der Waals surface area contributed by atoms with Crippen LogP contribution in [0.5, 0.6) is 0 Å². The summed E-state index contributed by atoms with van der Waals surface area (Å²) in [5, 5.41) is 0. The first-order valence-electron chi connectivity index (χ1n) is 36.6. The minimum atomic E-state index is -0.782. The van der Waals surface area contributed by atoms with Crippen LogP contribution in [-0.4, -0.2) is 37.2 Å². The van der Waals surface area contributed by atoms with Crippen molar-refractivity contribution in [3.8, 4) is 0 Å². The average Bonchev–Trinajstić information content (AvgIpc) is 3.47. The first-order chi connectivity index (χ1) is 40.5. The molecule has 6 heteroatoms. The zero-order chi connectivity index (χ0) is 59.2. The van der Waals surface area contributed by atoms with Crippen LogP contribution < -0.4 is 0 Å². The molecule has 6 nitrogen and oxygen atoms in total. The summed E-state index contributed by atoms with van der Waals surface area (Å²) in [6.45, 7) is 6.67. The fourth-order valence-electron chi connectivity index (χ4n) is 11.0. The van der Waals surface area contributed by atoms with Gasteiger partial charge in [-0.05, 0) is 83.5 Å². The molecule has 0 aliphatic heterocycles. The Morgan fingerprint density at radius 2 is 0.439 bits per heavy atom. The molecule has 0 N–H and O–H groups in total. The van der Waals surface area contributed by atoms with E-state index < -0.39 is 6.10 Å². The second-order valence-electron chi connectivity index (χ2n) is 24.9. The van der Waals surface area contributed by atoms with Gasteiger partial charge in [-0.1, -0.05) is 345 Å². The molecule has 0 radical (unpaired) electrons. The standard InChI is InChI=1S/C76H140O6/c1-4-7-10-13-16-19-22-25-28-31-33-35-36-37-38-39-40-42-43-45-48-51-54-57-60-63-66-69-75(78)81-72-73(71-80-74(77)68-65-62-59-56-53-50-47-30-27-24-21-18-15-12-9-6-3)82-76(79)70-67-64-61-58-55-52-49-46-44-41-34-32-29-26-23-20-17-14-11-8-5-2/h21,23-24,26,30,32,34,47,73H,4-20,22,25,27-29,31,33,35-46,48-72H2,1-3H3/b24-21-,26-23-,34-32-,47-30-. The highest BCUT2D eigenvalue weighted by atomic mass is 16.6. The number of rotatable bonds is 68. The number of carbonyl (C=O) groups excluding carboxylic acids is 3. The number of unbranched alkanes of at least 4 members (excludes halogenated alkanes) is 49. The maximum Gasteiger partial charge on any atom is 0.306 e. The van der Waals surface area contributed by atoms with Crippen molar-refractivity contribution in [2.45, 2.75) is 406 Å². The summed E-state index contributed by atoms with van der Waals surface area (Å²) in [7, 11) is 0. The Morgan fingerprint density at radius 1 is 0.244 bits per heavy atom. The minimum Gasteiger partial charge on any atom is -0.462 e. The van der Waals surface area contributed by atoms with Crippen LogP contribution >= 0.6 is 0 Å². The van der Waals surface area contributed by atoms with Gasteiger partial charge >= 0.3 is 17.9 Å². The average molecular weight is 1150 g/mol. The van der Waals surface area contributed by atoms with E-state index >= 15 is 0 Å². The third-order valence-electron chi connectivity index (χ3n) is 16.6. The Labute approximate surface area is 511 Å². The Hall–Kier alpha value is -2.63. The van der Waals surface area contributed by atoms with E-state index in [1.807, 2.05) is 0 Å². The monoisotopic (exact) mass is 1150 g/mol. The second kappa shape index (κ2) is 70.9. The van der Waals surface area contributed by atoms with Gasteiger partial charge in [0.25, 0.3) is 0 Å². The van der Waals surface area contributed by atoms with E-state index in [0.29, 0.717) is 19.3 Å². The molecular formula is C76H140O6. The van der Waals surface area contributed by atoms with Crippen LogP contribution in [-0.2, 0) is 28.6 Å². The number of allylic oxidation sites excluding steroid dienone is 8. The third kappa shape index (κ3) is 68.2. The molecule has 0 spiro atoms. The Bertz CT molecular complexity index is 1410. The van der Waals surface area contributed by atoms with Crippen LogP contribution in [0.15, 0.2) is 48.6 Å². The summed E-state index contributed by atoms with van der Waals surface area (Å²) in [5.41, 5.74) is 0. The molecule has 0 aromatic rings. The highest BCUT2D eigenvalue weighted by Gasteiger charge is 2.19. The van der Waals surface area contributed by atoms with Crippen molar-refractivity contribution in [3.63, 3.8) is 0 Å². The highest BCUT2D eigenvalue weighted by molar-refractivity contribution is 5.71. The molecule has 0 saturated heterocycles. The molecule has 0 aliphatic rings. The van der Waals surface area contributed by atoms with Crippen molar-refractivity contribution >= 4 is 17.9 Å². The molecule has 0 amide bonds. The molecule has 0 saturated carbocycles. The molecule has 0 aromatic carbocycles. The summed E-state index contributed by atoms with van der Waals surface area (Å²) < 4.78 is 17.0. The first kappa shape index (κ1) is 79.4. The maximum atomic E-state index is 13.0. The van der Waals surface area contributed by atoms with Gasteiger partial charge in [0, 0.05) is 19.3 Å². The number of carbonyl (C=O) groups is 3. The number of hydrogen-bond donors (Lipinski definition) is 0. The first-order valence-corrected chi connectivity index (χ1v) is 36.6. The smallest absolute Gasteiger partial charge is 0.306 e. The van der Waals surface area contributed by atoms with E-state index in [1.165, 1.54) is 276 Å². The van der Waals surface area contributed by atoms with Crippen LogP contribution in [0.3, 0.4) is 0 Å². The predicted octanol–water partition coefficient (Wildman–Crippen LogP) is 25.3. The molecule has 0 aromatic heterocycles. The number of esters is 3. The van der Waals surface area contributed by atoms with Crippen molar-refractivity contribution in [1.82, 2.24) is 0 Å². The lowest BCUT2D eigenvalue weighted by molar-refractivity contribution is -0.167. The van der Waals surface area contributed by atoms with Crippen LogP contribution in [0.4, 0.5) is 0 Å². The Balaban J connectivity index is 4.27. The largest absolute Gasteiger partial charge is 0.462 e. The van der Waals surface area contributed by atoms with Gasteiger partial charge < -0.3 is 14.2 Å². The van der Waals surface area contributed by atoms with Crippen LogP contribution in [0.25, 0.3) is 0 Å². The molecule has 0 bridgehead atoms. The lowest BCUT2D eigenvalue weighted by Gasteiger charge is -2.18. The summed E-state index contributed by atoms with van der Waals surface area (Å²) >= 11 is 0. The third-order valence-corrected chi connectivity index (χ3v) is 16.6. The molecule has 0 heterocycles. The zero-order valence-corrected chi connectivity index (χ0v) is 55.3. The minimum absolute atomic E-state index is 0.0753. The summed E-state index contributed by atoms with van der Waals surface area (Å²) in [6, 6.07) is 0. The van der Waals surface area contributed by atoms with E-state index in [-0.39, 0.29) is 31.1 Å². The molecule has 82 heavy (non-hydrogen) atoms. The molecular weight excluding hydrogens is 1010 g/mol. The predicted molar refractivity (Wildman–Crippen MR) is 358 cm³/mol. The SMILES string of the molecule is CCCCCC/C=C\C/C=C\CCCCCCCC(=O)OCC(COC(=O)CCCCCCCCCCCCCCCCCCCCCCCCCCCCC)OC(=O)CCCCCCCCCCC/C=C\C/C=C\CCCCCCC. The van der Waals surface area contributed by atoms with Crippen molar-refractivity contribution in [2.24, 2.45) is 0 Å². The summed E-state index contributed by atoms with van der Waals surface area (Å²) in [5.74, 6) is -0.866. The zero-order valence-electron chi connectivity index (χ0n) is 55.3. The molecule has 0 rings (SSSR count). The molecule has 1 atom stereocenters. The number of hydrogen-bond acceptors (Lipinski definition) is 6. The maximum absolute atomic E-state index is 13.0. The van der Waals surface area contributed by atoms with Gasteiger partial charge in [0.1, 0.15) is 13.2 Å². The molecule has 0 aliphatic carbocycles. The van der Waals surface area contributed by atoms with Crippen LogP contribution in [0.2, 0.25) is 0 Å². The van der Waals surface area contributed by atoms with Gasteiger partial charge in [-0.2, -0.15) is 0 Å². The summed E-state index contributed by atoms with van der Waals surface area (Å²) in [6.07, 6.45) is 90.0. The quantitative estimate of drug-likeness (QED) is 0.0261. The van der Waals surface area contributed by atoms with Crippen molar-refractivity contribution in [3.05, 3.63) is 48.6 Å². The molecule has 0 fully saturated rings. The van der Waals surface area contributed by atoms with Crippen LogP contribution in [0.1, 0.15) is 400 Å². The summed E-state index contributed by atoms with van der Waals surface area (Å²) in [4.78, 5) is 38.5. The van der Waals surface area contributed by atoms with Gasteiger partial charge in [0.15, 0.2) is 6.10 Å². The molecule has 1 unspecified atom stereocenters. The normalized spacial score (nSPS) is 12.3. The van der Waals surface area contributed by atoms with E-state index in [4.69, 9.17) is 14.2 Å². The van der Waals surface area contributed by atoms with Gasteiger partial charge in [-0.25, -0.2) is 0 Å². The van der Waals surface area contributed by atoms with E-state index in [0.717, 1.165) is 83.5 Å². The van der Waals surface area contributed by atoms with Crippen LogP contribution in [0, 0.1) is 0 Å². The van der Waals surface area contributed by atoms with E-state index in [1.54, 1.807) is 0 Å². The van der Waals surface area contributed by atoms with E-state index in [9.17, 15) is 14.4 Å². The van der Waals surface area contributed by atoms with Gasteiger partial charge in [-0.15, -0.1) is 0 Å². The Kier molecular flexibility index (Phi) is 68.6. The number of ether oxygens (including phenoxy) is 3. The lowest BCUT2D eigenvalue weighted by Crippen LogP contribution is -2.30. The fraction of sp³-hybridized carbons (Fsp3) is 0.855. The van der Waals surface area contributed by atoms with Crippen molar-refractivity contribution in [2.75, 3.05) is 13.2 Å². The fourth-order valence-corrected chi connectivity index (χ4v) is 11.0. The lowest BCUT2D eigenvalue weighted by atomic mass is 10.0. The highest BCUT2D eigenvalue weighted by Crippen LogP contribution is 2.19. The molecule has 480 valence electrons.